The second kappa shape index (κ2) is 11.7. The molecule has 0 spiro atoms. The first kappa shape index (κ1) is 28.2. The van der Waals surface area contributed by atoms with E-state index in [1.807, 2.05) is 22.7 Å². The molecule has 41 heavy (non-hydrogen) atoms. The fourth-order valence-electron chi connectivity index (χ4n) is 6.96. The normalized spacial score (nSPS) is 23.9. The summed E-state index contributed by atoms with van der Waals surface area (Å²) in [4.78, 5) is 19.7. The summed E-state index contributed by atoms with van der Waals surface area (Å²) in [5.41, 5.74) is 11.4. The van der Waals surface area contributed by atoms with E-state index in [1.165, 1.54) is 5.56 Å². The van der Waals surface area contributed by atoms with Crippen LogP contribution in [-0.2, 0) is 19.9 Å². The van der Waals surface area contributed by atoms with Crippen LogP contribution in [0.5, 0.6) is 0 Å². The van der Waals surface area contributed by atoms with Gasteiger partial charge in [-0.3, -0.25) is 9.69 Å². The van der Waals surface area contributed by atoms with Gasteiger partial charge in [0, 0.05) is 89.4 Å². The van der Waals surface area contributed by atoms with Gasteiger partial charge in [-0.1, -0.05) is 24.3 Å². The minimum atomic E-state index is -0.254. The highest BCUT2D eigenvalue weighted by Crippen LogP contribution is 2.38. The molecule has 1 amide bonds. The average molecular weight is 561 g/mol. The summed E-state index contributed by atoms with van der Waals surface area (Å²) >= 11 is 0. The molecule has 4 heterocycles. The number of hydrogen-bond acceptors (Lipinski definition) is 7. The van der Waals surface area contributed by atoms with Gasteiger partial charge in [-0.2, -0.15) is 5.10 Å². The number of nitrogens with two attached hydrogens (primary N) is 1. The number of carbonyl (C=O) groups is 1. The zero-order chi connectivity index (χ0) is 28.6. The number of hydrogen-bond donors (Lipinski definition) is 1. The summed E-state index contributed by atoms with van der Waals surface area (Å²) in [5, 5.41) is 4.60. The van der Waals surface area contributed by atoms with Gasteiger partial charge in [-0.05, 0) is 55.9 Å². The van der Waals surface area contributed by atoms with Crippen molar-refractivity contribution in [2.75, 3.05) is 65.0 Å². The molecule has 0 unspecified atom stereocenters. The molecular formula is C32H44N6O3. The second-order valence-electron chi connectivity index (χ2n) is 12.1. The third kappa shape index (κ3) is 5.48. The number of piperidine rings is 1. The highest BCUT2D eigenvalue weighted by molar-refractivity contribution is 5.82. The van der Waals surface area contributed by atoms with Gasteiger partial charge in [0.25, 0.3) is 0 Å². The van der Waals surface area contributed by atoms with Crippen LogP contribution in [0.15, 0.2) is 48.8 Å². The van der Waals surface area contributed by atoms with Crippen molar-refractivity contribution in [1.29, 1.82) is 0 Å². The van der Waals surface area contributed by atoms with Crippen LogP contribution in [0.25, 0.3) is 16.6 Å². The number of fused-ring (bicyclic) bond motifs is 1. The molecule has 1 aliphatic carbocycles. The van der Waals surface area contributed by atoms with E-state index >= 15 is 0 Å². The third-order valence-electron chi connectivity index (χ3n) is 9.71. The molecule has 2 aliphatic heterocycles. The Balaban J connectivity index is 1.14. The van der Waals surface area contributed by atoms with Crippen molar-refractivity contribution < 1.29 is 14.3 Å². The van der Waals surface area contributed by atoms with Crippen molar-refractivity contribution in [2.24, 2.45) is 11.7 Å². The highest BCUT2D eigenvalue weighted by Gasteiger charge is 2.38. The molecule has 2 saturated heterocycles. The van der Waals surface area contributed by atoms with Crippen LogP contribution in [0.3, 0.4) is 0 Å². The number of amides is 1. The highest BCUT2D eigenvalue weighted by atomic mass is 16.5. The first-order valence-corrected chi connectivity index (χ1v) is 15.1. The van der Waals surface area contributed by atoms with E-state index in [4.69, 9.17) is 15.2 Å². The summed E-state index contributed by atoms with van der Waals surface area (Å²) in [7, 11) is 3.61. The maximum atomic E-state index is 12.8. The van der Waals surface area contributed by atoms with Crippen LogP contribution in [0.2, 0.25) is 0 Å². The van der Waals surface area contributed by atoms with Crippen LogP contribution in [0.4, 0.5) is 5.69 Å². The first-order chi connectivity index (χ1) is 19.9. The van der Waals surface area contributed by atoms with Gasteiger partial charge in [0.2, 0.25) is 5.91 Å². The molecule has 2 aromatic heterocycles. The Bertz CT molecular complexity index is 1340. The summed E-state index contributed by atoms with van der Waals surface area (Å²) in [5.74, 6) is 0.404. The number of piperazine rings is 1. The van der Waals surface area contributed by atoms with Gasteiger partial charge in [0.1, 0.15) is 0 Å². The lowest BCUT2D eigenvalue weighted by atomic mass is 9.80. The number of methoxy groups -OCH3 is 2. The van der Waals surface area contributed by atoms with Crippen LogP contribution in [-0.4, -0.2) is 97.5 Å². The van der Waals surface area contributed by atoms with Crippen molar-refractivity contribution in [3.8, 4) is 11.1 Å². The number of aromatic nitrogens is 2. The van der Waals surface area contributed by atoms with Crippen molar-refractivity contribution in [3.05, 3.63) is 54.4 Å². The first-order valence-electron chi connectivity index (χ1n) is 15.1. The average Bonchev–Trinajstić information content (AvgIpc) is 3.44. The molecular weight excluding hydrogens is 516 g/mol. The van der Waals surface area contributed by atoms with Gasteiger partial charge in [0.05, 0.1) is 23.4 Å². The van der Waals surface area contributed by atoms with E-state index in [1.54, 1.807) is 7.11 Å². The van der Waals surface area contributed by atoms with Gasteiger partial charge in [-0.25, -0.2) is 4.52 Å². The zero-order valence-corrected chi connectivity index (χ0v) is 24.7. The lowest BCUT2D eigenvalue weighted by Crippen LogP contribution is -2.53. The Morgan fingerprint density at radius 2 is 1.73 bits per heavy atom. The Morgan fingerprint density at radius 1 is 1.02 bits per heavy atom. The molecule has 2 N–H and O–H groups in total. The van der Waals surface area contributed by atoms with Crippen LogP contribution in [0.1, 0.15) is 38.2 Å². The lowest BCUT2D eigenvalue weighted by molar-refractivity contribution is -0.139. The van der Waals surface area contributed by atoms with Crippen molar-refractivity contribution in [2.45, 2.75) is 50.3 Å². The van der Waals surface area contributed by atoms with Gasteiger partial charge >= 0.3 is 0 Å². The van der Waals surface area contributed by atoms with Gasteiger partial charge in [-0.15, -0.1) is 0 Å². The van der Waals surface area contributed by atoms with E-state index in [0.717, 1.165) is 93.9 Å². The standard InChI is InChI=1S/C32H44N6O3/c1-23(22-40-2)35-12-9-32(41-3,10-13-35)27-6-4-24(5-7-27)26-20-30-29(8-11-34-38(30)21-26)36-14-16-37(17-15-36)31(39)25-18-28(33)19-25/h4-8,11,20-21,23,25,28H,9-10,12-19,22,33H2,1-3H3/t23-,25-,28-/m0/s1. The smallest absolute Gasteiger partial charge is 0.225 e. The zero-order valence-electron chi connectivity index (χ0n) is 24.7. The quantitative estimate of drug-likeness (QED) is 0.452. The molecule has 0 bridgehead atoms. The Morgan fingerprint density at radius 3 is 2.37 bits per heavy atom. The molecule has 1 atom stereocenters. The summed E-state index contributed by atoms with van der Waals surface area (Å²) in [6.07, 6.45) is 7.56. The molecule has 3 aromatic rings. The monoisotopic (exact) mass is 560 g/mol. The van der Waals surface area contributed by atoms with Gasteiger partial charge < -0.3 is 25.0 Å². The molecule has 220 valence electrons. The predicted molar refractivity (Wildman–Crippen MR) is 161 cm³/mol. The van der Waals surface area contributed by atoms with E-state index in [2.05, 4.69) is 64.4 Å². The number of ether oxygens (including phenoxy) is 2. The summed E-state index contributed by atoms with van der Waals surface area (Å²) in [6.45, 7) is 8.11. The minimum Gasteiger partial charge on any atom is -0.383 e. The van der Waals surface area contributed by atoms with Crippen molar-refractivity contribution >= 4 is 17.1 Å². The van der Waals surface area contributed by atoms with Crippen LogP contribution >= 0.6 is 0 Å². The number of carbonyl (C=O) groups excluding carboxylic acids is 1. The molecule has 9 heteroatoms. The largest absolute Gasteiger partial charge is 0.383 e. The van der Waals surface area contributed by atoms with Crippen molar-refractivity contribution in [3.63, 3.8) is 0 Å². The van der Waals surface area contributed by atoms with Crippen molar-refractivity contribution in [1.82, 2.24) is 19.4 Å². The van der Waals surface area contributed by atoms with Crippen LogP contribution < -0.4 is 10.6 Å². The molecule has 1 saturated carbocycles. The van der Waals surface area contributed by atoms with Gasteiger partial charge in [0.15, 0.2) is 0 Å². The van der Waals surface area contributed by atoms with E-state index in [9.17, 15) is 4.79 Å². The summed E-state index contributed by atoms with van der Waals surface area (Å²) < 4.78 is 13.5. The fourth-order valence-corrected chi connectivity index (χ4v) is 6.96. The Kier molecular flexibility index (Phi) is 8.05. The second-order valence-corrected chi connectivity index (χ2v) is 12.1. The number of rotatable bonds is 8. The Hall–Kier alpha value is -2.98. The number of nitrogens with zero attached hydrogens (tertiary/aromatic N) is 5. The minimum absolute atomic E-state index is 0.125. The molecule has 6 rings (SSSR count). The SMILES string of the molecule is COC[C@H](C)N1CCC(OC)(c2ccc(-c3cc4c(N5CCN(C(=O)[C@H]6C[C@H](N)C6)CC5)ccnn4c3)cc2)CC1. The molecule has 3 aliphatic rings. The number of anilines is 1. The Labute approximate surface area is 243 Å². The molecule has 3 fully saturated rings. The molecule has 1 aromatic carbocycles. The lowest BCUT2D eigenvalue weighted by Gasteiger charge is -2.43. The van der Waals surface area contributed by atoms with Crippen LogP contribution in [0, 0.1) is 5.92 Å². The van der Waals surface area contributed by atoms with E-state index in [0.29, 0.717) is 6.04 Å². The fraction of sp³-hybridized carbons (Fsp3) is 0.562. The maximum absolute atomic E-state index is 12.8. The number of likely N-dealkylation sites (tertiary alicyclic amines) is 1. The molecule has 0 radical (unpaired) electrons. The molecule has 9 nitrogen and oxygen atoms in total. The predicted octanol–water partition coefficient (Wildman–Crippen LogP) is 3.36. The van der Waals surface area contributed by atoms with E-state index < -0.39 is 0 Å². The maximum Gasteiger partial charge on any atom is 0.225 e. The summed E-state index contributed by atoms with van der Waals surface area (Å²) in [6, 6.07) is 13.8. The topological polar surface area (TPSA) is 88.6 Å². The third-order valence-corrected chi connectivity index (χ3v) is 9.71. The number of benzene rings is 1. The van der Waals surface area contributed by atoms with E-state index in [-0.39, 0.29) is 23.5 Å².